The largest absolute Gasteiger partial charge is 0.373 e. The van der Waals surface area contributed by atoms with Gasteiger partial charge in [-0.05, 0) is 12.3 Å². The number of hydrogen-bond donors (Lipinski definition) is 2. The number of hydrogen-bond acceptors (Lipinski definition) is 4. The Morgan fingerprint density at radius 3 is 2.19 bits per heavy atom. The summed E-state index contributed by atoms with van der Waals surface area (Å²) in [6.07, 6.45) is 0. The van der Waals surface area contributed by atoms with E-state index in [1.54, 1.807) is 0 Å². The number of nitrogens with zero attached hydrogens (tertiary/aromatic N) is 2. The number of anilines is 2. The Morgan fingerprint density at radius 1 is 1.00 bits per heavy atom. The molecule has 1 aromatic carbocycles. The molecule has 0 saturated heterocycles. The van der Waals surface area contributed by atoms with E-state index in [1.165, 1.54) is 0 Å². The normalized spacial score (nSPS) is 12.8. The summed E-state index contributed by atoms with van der Waals surface area (Å²) in [4.78, 5) is 9.17. The summed E-state index contributed by atoms with van der Waals surface area (Å²) in [6.45, 7) is 8.80. The summed E-state index contributed by atoms with van der Waals surface area (Å²) in [5, 5.41) is 6.57. The summed E-state index contributed by atoms with van der Waals surface area (Å²) in [7, 11) is 1.87. The summed E-state index contributed by atoms with van der Waals surface area (Å²) >= 11 is 0. The Kier molecular flexibility index (Phi) is 4.46. The van der Waals surface area contributed by atoms with E-state index < -0.39 is 0 Å². The van der Waals surface area contributed by atoms with Crippen LogP contribution in [-0.4, -0.2) is 23.1 Å². The highest BCUT2D eigenvalue weighted by Gasteiger charge is 2.20. The van der Waals surface area contributed by atoms with E-state index in [0.717, 1.165) is 23.0 Å². The van der Waals surface area contributed by atoms with E-state index in [1.807, 2.05) is 43.4 Å². The highest BCUT2D eigenvalue weighted by atomic mass is 15.1. The van der Waals surface area contributed by atoms with Crippen molar-refractivity contribution < 1.29 is 0 Å². The van der Waals surface area contributed by atoms with Gasteiger partial charge in [-0.1, -0.05) is 51.1 Å². The van der Waals surface area contributed by atoms with Gasteiger partial charge in [0.25, 0.3) is 0 Å². The monoisotopic (exact) mass is 284 g/mol. The number of nitrogens with one attached hydrogen (secondary N) is 2. The average Bonchev–Trinajstić information content (AvgIpc) is 2.46. The lowest BCUT2D eigenvalue weighted by atomic mass is 9.88. The van der Waals surface area contributed by atoms with Crippen molar-refractivity contribution >= 4 is 11.6 Å². The van der Waals surface area contributed by atoms with Crippen molar-refractivity contribution in [2.45, 2.75) is 33.7 Å². The molecule has 21 heavy (non-hydrogen) atoms. The lowest BCUT2D eigenvalue weighted by Gasteiger charge is -2.28. The summed E-state index contributed by atoms with van der Waals surface area (Å²) in [5.74, 6) is 2.38. The Hall–Kier alpha value is -2.10. The summed E-state index contributed by atoms with van der Waals surface area (Å²) in [5.41, 5.74) is 1.18. The van der Waals surface area contributed by atoms with Crippen LogP contribution in [0.5, 0.6) is 0 Å². The zero-order chi connectivity index (χ0) is 15.5. The molecule has 0 bridgehead atoms. The van der Waals surface area contributed by atoms with E-state index in [4.69, 9.17) is 0 Å². The van der Waals surface area contributed by atoms with Crippen LogP contribution in [0.4, 0.5) is 11.6 Å². The Bertz CT molecular complexity index is 587. The van der Waals surface area contributed by atoms with Gasteiger partial charge < -0.3 is 10.6 Å². The molecule has 2 aromatic rings. The number of aromatic nitrogens is 2. The van der Waals surface area contributed by atoms with Gasteiger partial charge in [0.1, 0.15) is 11.6 Å². The molecule has 1 atom stereocenters. The van der Waals surface area contributed by atoms with Crippen molar-refractivity contribution in [3.63, 3.8) is 0 Å². The average molecular weight is 284 g/mol. The standard InChI is InChI=1S/C17H24N4/c1-12(17(2,3)4)19-15-11-14(18-5)20-16(21-15)13-9-7-6-8-10-13/h6-12H,1-5H3,(H2,18,19,20,21). The molecule has 0 aliphatic heterocycles. The SMILES string of the molecule is CNc1cc(NC(C)C(C)(C)C)nc(-c2ccccc2)n1. The first-order chi connectivity index (χ1) is 9.90. The van der Waals surface area contributed by atoms with Crippen LogP contribution in [-0.2, 0) is 0 Å². The molecular formula is C17H24N4. The second kappa shape index (κ2) is 6.12. The van der Waals surface area contributed by atoms with Gasteiger partial charge in [0.2, 0.25) is 0 Å². The molecule has 4 heteroatoms. The molecule has 0 radical (unpaired) electrons. The third-order valence-electron chi connectivity index (χ3n) is 3.68. The maximum atomic E-state index is 4.64. The molecule has 1 heterocycles. The van der Waals surface area contributed by atoms with Gasteiger partial charge in [-0.3, -0.25) is 0 Å². The zero-order valence-electron chi connectivity index (χ0n) is 13.4. The van der Waals surface area contributed by atoms with Crippen molar-refractivity contribution in [3.8, 4) is 11.4 Å². The number of benzene rings is 1. The minimum absolute atomic E-state index is 0.164. The van der Waals surface area contributed by atoms with Gasteiger partial charge in [-0.25, -0.2) is 9.97 Å². The first-order valence-corrected chi connectivity index (χ1v) is 7.29. The van der Waals surface area contributed by atoms with Gasteiger partial charge in [0.05, 0.1) is 0 Å². The van der Waals surface area contributed by atoms with E-state index in [2.05, 4.69) is 48.3 Å². The Labute approximate surface area is 127 Å². The first kappa shape index (κ1) is 15.3. The molecule has 1 unspecified atom stereocenters. The molecule has 2 rings (SSSR count). The molecule has 0 fully saturated rings. The summed E-state index contributed by atoms with van der Waals surface area (Å²) < 4.78 is 0. The van der Waals surface area contributed by atoms with Crippen LogP contribution in [0, 0.1) is 5.41 Å². The Balaban J connectivity index is 2.35. The van der Waals surface area contributed by atoms with Gasteiger partial charge in [-0.2, -0.15) is 0 Å². The van der Waals surface area contributed by atoms with Crippen LogP contribution in [0.3, 0.4) is 0 Å². The maximum Gasteiger partial charge on any atom is 0.163 e. The minimum atomic E-state index is 0.164. The predicted octanol–water partition coefficient (Wildman–Crippen LogP) is 4.03. The van der Waals surface area contributed by atoms with Crippen LogP contribution in [0.15, 0.2) is 36.4 Å². The van der Waals surface area contributed by atoms with Crippen molar-refractivity contribution in [1.29, 1.82) is 0 Å². The van der Waals surface area contributed by atoms with Crippen molar-refractivity contribution in [3.05, 3.63) is 36.4 Å². The van der Waals surface area contributed by atoms with Crippen molar-refractivity contribution in [2.75, 3.05) is 17.7 Å². The van der Waals surface area contributed by atoms with Gasteiger partial charge in [-0.15, -0.1) is 0 Å². The topological polar surface area (TPSA) is 49.8 Å². The quantitative estimate of drug-likeness (QED) is 0.890. The Morgan fingerprint density at radius 2 is 1.62 bits per heavy atom. The third kappa shape index (κ3) is 3.94. The molecule has 0 aliphatic rings. The van der Waals surface area contributed by atoms with E-state index in [9.17, 15) is 0 Å². The fraction of sp³-hybridized carbons (Fsp3) is 0.412. The van der Waals surface area contributed by atoms with Gasteiger partial charge >= 0.3 is 0 Å². The molecule has 0 aliphatic carbocycles. The van der Waals surface area contributed by atoms with Gasteiger partial charge in [0, 0.05) is 24.7 Å². The zero-order valence-corrected chi connectivity index (χ0v) is 13.4. The molecule has 0 amide bonds. The highest BCUT2D eigenvalue weighted by Crippen LogP contribution is 2.25. The lowest BCUT2D eigenvalue weighted by molar-refractivity contribution is 0.359. The van der Waals surface area contributed by atoms with Crippen LogP contribution < -0.4 is 10.6 Å². The molecule has 0 spiro atoms. The summed E-state index contributed by atoms with van der Waals surface area (Å²) in [6, 6.07) is 12.3. The molecule has 2 N–H and O–H groups in total. The smallest absolute Gasteiger partial charge is 0.163 e. The maximum absolute atomic E-state index is 4.64. The van der Waals surface area contributed by atoms with E-state index in [0.29, 0.717) is 6.04 Å². The van der Waals surface area contributed by atoms with E-state index >= 15 is 0 Å². The minimum Gasteiger partial charge on any atom is -0.373 e. The second-order valence-corrected chi connectivity index (χ2v) is 6.31. The fourth-order valence-electron chi connectivity index (χ4n) is 1.80. The highest BCUT2D eigenvalue weighted by molar-refractivity contribution is 5.61. The second-order valence-electron chi connectivity index (χ2n) is 6.31. The lowest BCUT2D eigenvalue weighted by Crippen LogP contribution is -2.31. The van der Waals surface area contributed by atoms with Crippen LogP contribution in [0.1, 0.15) is 27.7 Å². The first-order valence-electron chi connectivity index (χ1n) is 7.29. The van der Waals surface area contributed by atoms with Gasteiger partial charge in [0.15, 0.2) is 5.82 Å². The predicted molar refractivity (Wildman–Crippen MR) is 89.6 cm³/mol. The third-order valence-corrected chi connectivity index (χ3v) is 3.68. The molecule has 112 valence electrons. The van der Waals surface area contributed by atoms with Crippen molar-refractivity contribution in [1.82, 2.24) is 9.97 Å². The molecule has 1 aromatic heterocycles. The molecule has 4 nitrogen and oxygen atoms in total. The molecule has 0 saturated carbocycles. The number of rotatable bonds is 4. The van der Waals surface area contributed by atoms with Crippen LogP contribution in [0.25, 0.3) is 11.4 Å². The van der Waals surface area contributed by atoms with Crippen molar-refractivity contribution in [2.24, 2.45) is 5.41 Å². The fourth-order valence-corrected chi connectivity index (χ4v) is 1.80. The molecular weight excluding hydrogens is 260 g/mol. The van der Waals surface area contributed by atoms with Crippen LogP contribution in [0.2, 0.25) is 0 Å². The van der Waals surface area contributed by atoms with Crippen LogP contribution >= 0.6 is 0 Å². The van der Waals surface area contributed by atoms with E-state index in [-0.39, 0.29) is 5.41 Å².